The topological polar surface area (TPSA) is 85.2 Å². The summed E-state index contributed by atoms with van der Waals surface area (Å²) in [4.78, 5) is 12.0. The molecule has 20 heavy (non-hydrogen) atoms. The lowest BCUT2D eigenvalue weighted by Gasteiger charge is -2.09. The molecule has 6 heteroatoms. The quantitative estimate of drug-likeness (QED) is 0.411. The molecule has 1 unspecified atom stereocenters. The third-order valence-corrected chi connectivity index (χ3v) is 3.13. The van der Waals surface area contributed by atoms with Crippen LogP contribution >= 0.6 is 22.6 Å². The summed E-state index contributed by atoms with van der Waals surface area (Å²) in [5, 5.41) is 23.5. The van der Waals surface area contributed by atoms with Gasteiger partial charge in [0.1, 0.15) is 11.6 Å². The van der Waals surface area contributed by atoms with E-state index in [9.17, 15) is 4.79 Å². The molecule has 0 aromatic heterocycles. The van der Waals surface area contributed by atoms with Gasteiger partial charge >= 0.3 is 0 Å². The van der Waals surface area contributed by atoms with Crippen molar-refractivity contribution < 1.29 is 9.90 Å². The second-order valence-electron chi connectivity index (χ2n) is 4.34. The molecule has 0 aliphatic carbocycles. The van der Waals surface area contributed by atoms with Crippen molar-refractivity contribution in [3.8, 4) is 6.07 Å². The molecule has 3 N–H and O–H groups in total. The Morgan fingerprint density at radius 3 is 2.85 bits per heavy atom. The zero-order valence-electron chi connectivity index (χ0n) is 11.3. The number of carbonyl (C=O) groups excluding carboxylic acids is 1. The third-order valence-electron chi connectivity index (χ3n) is 2.46. The number of rotatable bonds is 5. The van der Waals surface area contributed by atoms with Crippen LogP contribution in [0.1, 0.15) is 12.5 Å². The summed E-state index contributed by atoms with van der Waals surface area (Å²) in [6, 6.07) is 7.45. The number of halogens is 1. The third kappa shape index (κ3) is 5.19. The fourth-order valence-electron chi connectivity index (χ4n) is 1.44. The molecule has 106 valence electrons. The molecule has 0 radical (unpaired) electrons. The lowest BCUT2D eigenvalue weighted by molar-refractivity contribution is -0.112. The maximum atomic E-state index is 12.0. The largest absolute Gasteiger partial charge is 0.392 e. The van der Waals surface area contributed by atoms with Crippen molar-refractivity contribution in [2.75, 3.05) is 11.9 Å². The van der Waals surface area contributed by atoms with Gasteiger partial charge in [-0.2, -0.15) is 5.26 Å². The lowest BCUT2D eigenvalue weighted by Crippen LogP contribution is -2.22. The molecule has 0 fully saturated rings. The normalized spacial score (nSPS) is 12.4. The van der Waals surface area contributed by atoms with Crippen LogP contribution in [-0.4, -0.2) is 23.7 Å². The number of carbonyl (C=O) groups is 1. The Labute approximate surface area is 131 Å². The fraction of sp³-hybridized carbons (Fsp3) is 0.286. The van der Waals surface area contributed by atoms with E-state index in [1.54, 1.807) is 13.0 Å². The van der Waals surface area contributed by atoms with Crippen molar-refractivity contribution in [3.63, 3.8) is 0 Å². The highest BCUT2D eigenvalue weighted by Crippen LogP contribution is 2.18. The Morgan fingerprint density at radius 1 is 1.60 bits per heavy atom. The summed E-state index contributed by atoms with van der Waals surface area (Å²) in [5.74, 6) is -0.477. The van der Waals surface area contributed by atoms with Gasteiger partial charge in [-0.25, -0.2) is 0 Å². The zero-order valence-corrected chi connectivity index (χ0v) is 13.4. The molecule has 1 atom stereocenters. The lowest BCUT2D eigenvalue weighted by atomic mass is 10.2. The highest BCUT2D eigenvalue weighted by Gasteiger charge is 2.10. The van der Waals surface area contributed by atoms with E-state index in [0.29, 0.717) is 5.69 Å². The first kappa shape index (κ1) is 16.5. The molecule has 1 amide bonds. The number of nitrogens with one attached hydrogen (secondary N) is 2. The Hall–Kier alpha value is -1.59. The molecule has 5 nitrogen and oxygen atoms in total. The van der Waals surface area contributed by atoms with Crippen molar-refractivity contribution in [2.24, 2.45) is 0 Å². The average molecular weight is 385 g/mol. The minimum Gasteiger partial charge on any atom is -0.392 e. The van der Waals surface area contributed by atoms with Crippen LogP contribution in [0.3, 0.4) is 0 Å². The van der Waals surface area contributed by atoms with E-state index < -0.39 is 12.0 Å². The van der Waals surface area contributed by atoms with Crippen LogP contribution < -0.4 is 10.6 Å². The van der Waals surface area contributed by atoms with Gasteiger partial charge in [0.05, 0.1) is 6.10 Å². The van der Waals surface area contributed by atoms with E-state index in [1.807, 2.05) is 25.1 Å². The summed E-state index contributed by atoms with van der Waals surface area (Å²) < 4.78 is 1.08. The molecule has 0 spiro atoms. The Kier molecular flexibility index (Phi) is 6.48. The number of aryl methyl sites for hydroxylation is 1. The summed E-state index contributed by atoms with van der Waals surface area (Å²) in [7, 11) is 0. The van der Waals surface area contributed by atoms with Crippen molar-refractivity contribution in [3.05, 3.63) is 39.1 Å². The molecule has 0 aliphatic rings. The number of benzene rings is 1. The van der Waals surface area contributed by atoms with Crippen molar-refractivity contribution in [1.82, 2.24) is 5.32 Å². The number of aliphatic hydroxyl groups is 1. The fourth-order valence-corrected chi connectivity index (χ4v) is 2.08. The van der Waals surface area contributed by atoms with Crippen molar-refractivity contribution in [1.29, 1.82) is 5.26 Å². The molecular formula is C14H16IN3O2. The van der Waals surface area contributed by atoms with E-state index in [1.165, 1.54) is 6.20 Å². The highest BCUT2D eigenvalue weighted by atomic mass is 127. The first-order valence-corrected chi connectivity index (χ1v) is 7.11. The van der Waals surface area contributed by atoms with E-state index in [2.05, 4.69) is 33.2 Å². The molecule has 0 heterocycles. The average Bonchev–Trinajstić information content (AvgIpc) is 2.37. The zero-order chi connectivity index (χ0) is 15.1. The number of anilines is 1. The Morgan fingerprint density at radius 2 is 2.30 bits per heavy atom. The Bertz CT molecular complexity index is 562. The maximum Gasteiger partial charge on any atom is 0.267 e. The molecule has 0 saturated heterocycles. The van der Waals surface area contributed by atoms with E-state index in [-0.39, 0.29) is 12.1 Å². The van der Waals surface area contributed by atoms with Crippen LogP contribution in [0.5, 0.6) is 0 Å². The molecule has 0 bridgehead atoms. The predicted molar refractivity (Wildman–Crippen MR) is 85.9 cm³/mol. The van der Waals surface area contributed by atoms with Gasteiger partial charge in [-0.05, 0) is 60.2 Å². The van der Waals surface area contributed by atoms with Gasteiger partial charge in [0, 0.05) is 22.0 Å². The van der Waals surface area contributed by atoms with Crippen LogP contribution in [0, 0.1) is 21.8 Å². The first-order chi connectivity index (χ1) is 9.43. The first-order valence-electron chi connectivity index (χ1n) is 6.03. The van der Waals surface area contributed by atoms with Crippen molar-refractivity contribution >= 4 is 34.2 Å². The van der Waals surface area contributed by atoms with Gasteiger partial charge in [0.2, 0.25) is 0 Å². The second-order valence-corrected chi connectivity index (χ2v) is 5.59. The minimum absolute atomic E-state index is 0.0383. The number of nitrogens with zero attached hydrogens (tertiary/aromatic N) is 1. The summed E-state index contributed by atoms with van der Waals surface area (Å²) in [6.45, 7) is 3.78. The summed E-state index contributed by atoms with van der Waals surface area (Å²) in [5.41, 5.74) is 1.56. The monoisotopic (exact) mass is 385 g/mol. The molecule has 1 aromatic rings. The van der Waals surface area contributed by atoms with Gasteiger partial charge in [-0.15, -0.1) is 0 Å². The van der Waals surface area contributed by atoms with Crippen LogP contribution in [0.2, 0.25) is 0 Å². The number of nitriles is 1. The van der Waals surface area contributed by atoms with Crippen molar-refractivity contribution in [2.45, 2.75) is 20.0 Å². The number of hydrogen-bond acceptors (Lipinski definition) is 4. The van der Waals surface area contributed by atoms with Gasteiger partial charge < -0.3 is 15.7 Å². The molecule has 1 aromatic carbocycles. The Balaban J connectivity index is 2.75. The SMILES string of the molecule is Cc1cc(I)ccc1NC(=O)/C(C#N)=C\NCC(C)O. The highest BCUT2D eigenvalue weighted by molar-refractivity contribution is 14.1. The standard InChI is InChI=1S/C14H16IN3O2/c1-9-5-12(15)3-4-13(9)18-14(20)11(6-16)8-17-7-10(2)19/h3-5,8,10,17,19H,7H2,1-2H3,(H,18,20)/b11-8-. The number of aliphatic hydroxyl groups excluding tert-OH is 1. The predicted octanol–water partition coefficient (Wildman–Crippen LogP) is 1.92. The van der Waals surface area contributed by atoms with Crippen LogP contribution in [-0.2, 0) is 4.79 Å². The van der Waals surface area contributed by atoms with Gasteiger partial charge in [-0.3, -0.25) is 4.79 Å². The number of amides is 1. The number of hydrogen-bond donors (Lipinski definition) is 3. The van der Waals surface area contributed by atoms with Gasteiger partial charge in [-0.1, -0.05) is 0 Å². The summed E-state index contributed by atoms with van der Waals surface area (Å²) in [6.07, 6.45) is 0.761. The molecular weight excluding hydrogens is 369 g/mol. The molecule has 0 saturated carbocycles. The van der Waals surface area contributed by atoms with E-state index in [0.717, 1.165) is 9.13 Å². The summed E-state index contributed by atoms with van der Waals surface area (Å²) >= 11 is 2.19. The van der Waals surface area contributed by atoms with E-state index >= 15 is 0 Å². The van der Waals surface area contributed by atoms with Crippen LogP contribution in [0.15, 0.2) is 30.0 Å². The van der Waals surface area contributed by atoms with Gasteiger partial charge in [0.25, 0.3) is 5.91 Å². The second kappa shape index (κ2) is 7.87. The van der Waals surface area contributed by atoms with Crippen LogP contribution in [0.25, 0.3) is 0 Å². The minimum atomic E-state index is -0.548. The van der Waals surface area contributed by atoms with Crippen LogP contribution in [0.4, 0.5) is 5.69 Å². The maximum absolute atomic E-state index is 12.0. The smallest absolute Gasteiger partial charge is 0.267 e. The molecule has 1 rings (SSSR count). The van der Waals surface area contributed by atoms with Gasteiger partial charge in [0.15, 0.2) is 0 Å². The molecule has 0 aliphatic heterocycles. The van der Waals surface area contributed by atoms with E-state index in [4.69, 9.17) is 10.4 Å².